The van der Waals surface area contributed by atoms with Crippen LogP contribution in [0.15, 0.2) is 12.2 Å². The standard InChI is InChI=1S/C36H59NO3/c1-23(2)25-11-18-36(30(39)37-22-24-10-9-21-40-24)20-19-35(8)33(6)16-12-26-31(3,4)28(38)14-15-32(26,5)27(33)13-17-34(35,7)29(25)36/h24-29,38H,1,9-22H2,2-8H3,(H,37,39)/t24?,25-,26?,27?,28?,29?,32?,33?,34?,35-,36?/m0/s1. The maximum Gasteiger partial charge on any atom is 0.226 e. The van der Waals surface area contributed by atoms with Crippen LogP contribution in [0.3, 0.4) is 0 Å². The first-order valence-corrected chi connectivity index (χ1v) is 16.9. The van der Waals surface area contributed by atoms with Gasteiger partial charge in [0.25, 0.3) is 0 Å². The minimum absolute atomic E-state index is 0.0185. The van der Waals surface area contributed by atoms with Crippen molar-refractivity contribution in [3.05, 3.63) is 12.2 Å². The minimum Gasteiger partial charge on any atom is -0.393 e. The van der Waals surface area contributed by atoms with Gasteiger partial charge in [-0.15, -0.1) is 0 Å². The van der Waals surface area contributed by atoms with Crippen LogP contribution in [0.1, 0.15) is 126 Å². The van der Waals surface area contributed by atoms with Crippen LogP contribution in [0, 0.1) is 56.2 Å². The number of hydrogen-bond donors (Lipinski definition) is 2. The van der Waals surface area contributed by atoms with E-state index in [1.807, 2.05) is 0 Å². The Hall–Kier alpha value is -0.870. The number of aliphatic hydroxyl groups excluding tert-OH is 1. The van der Waals surface area contributed by atoms with Gasteiger partial charge in [0.05, 0.1) is 17.6 Å². The second-order valence-electron chi connectivity index (χ2n) is 17.2. The normalized spacial score (nSPS) is 53.1. The van der Waals surface area contributed by atoms with Gasteiger partial charge in [0.15, 0.2) is 0 Å². The second-order valence-corrected chi connectivity index (χ2v) is 17.2. The molecule has 0 aromatic carbocycles. The number of hydrogen-bond acceptors (Lipinski definition) is 3. The van der Waals surface area contributed by atoms with Gasteiger partial charge < -0.3 is 15.2 Å². The zero-order valence-corrected chi connectivity index (χ0v) is 26.8. The molecular weight excluding hydrogens is 494 g/mol. The van der Waals surface area contributed by atoms with Crippen LogP contribution in [-0.4, -0.2) is 36.4 Å². The van der Waals surface area contributed by atoms with Crippen molar-refractivity contribution in [2.45, 2.75) is 138 Å². The van der Waals surface area contributed by atoms with Crippen LogP contribution >= 0.6 is 0 Å². The summed E-state index contributed by atoms with van der Waals surface area (Å²) in [5.41, 5.74) is 1.79. The molecule has 1 saturated heterocycles. The van der Waals surface area contributed by atoms with E-state index >= 15 is 0 Å². The average molecular weight is 554 g/mol. The van der Waals surface area contributed by atoms with Crippen LogP contribution < -0.4 is 5.32 Å². The molecule has 2 N–H and O–H groups in total. The molecule has 1 amide bonds. The van der Waals surface area contributed by atoms with E-state index in [1.54, 1.807) is 0 Å². The van der Waals surface area contributed by atoms with Gasteiger partial charge in [0, 0.05) is 13.2 Å². The predicted octanol–water partition coefficient (Wildman–Crippen LogP) is 7.69. The second kappa shape index (κ2) is 9.31. The van der Waals surface area contributed by atoms with Crippen LogP contribution in [-0.2, 0) is 9.53 Å². The molecule has 40 heavy (non-hydrogen) atoms. The van der Waals surface area contributed by atoms with E-state index < -0.39 is 0 Å². The summed E-state index contributed by atoms with van der Waals surface area (Å²) in [6, 6.07) is 0. The first-order valence-electron chi connectivity index (χ1n) is 16.9. The molecule has 6 fully saturated rings. The van der Waals surface area contributed by atoms with Crippen LogP contribution in [0.2, 0.25) is 0 Å². The van der Waals surface area contributed by atoms with Crippen molar-refractivity contribution >= 4 is 5.91 Å². The van der Waals surface area contributed by atoms with E-state index in [9.17, 15) is 9.90 Å². The molecule has 6 aliphatic rings. The number of ether oxygens (including phenoxy) is 1. The molecule has 1 aliphatic heterocycles. The fourth-order valence-electron chi connectivity index (χ4n) is 13.3. The number of fused-ring (bicyclic) bond motifs is 7. The third-order valence-electron chi connectivity index (χ3n) is 15.8. The van der Waals surface area contributed by atoms with E-state index in [-0.39, 0.29) is 44.7 Å². The quantitative estimate of drug-likeness (QED) is 0.351. The van der Waals surface area contributed by atoms with E-state index in [4.69, 9.17) is 4.74 Å². The lowest BCUT2D eigenvalue weighted by Gasteiger charge is -2.76. The topological polar surface area (TPSA) is 58.6 Å². The number of amides is 1. The first kappa shape index (κ1) is 29.2. The highest BCUT2D eigenvalue weighted by Gasteiger charge is 2.75. The lowest BCUT2D eigenvalue weighted by molar-refractivity contribution is -0.275. The van der Waals surface area contributed by atoms with E-state index in [1.165, 1.54) is 31.3 Å². The highest BCUT2D eigenvalue weighted by molar-refractivity contribution is 5.84. The Balaban J connectivity index is 1.37. The molecule has 6 rings (SSSR count). The summed E-state index contributed by atoms with van der Waals surface area (Å²) in [5, 5.41) is 14.5. The Morgan fingerprint density at radius 3 is 2.25 bits per heavy atom. The summed E-state index contributed by atoms with van der Waals surface area (Å²) in [6.07, 6.45) is 13.5. The fourth-order valence-corrected chi connectivity index (χ4v) is 13.3. The number of carbonyl (C=O) groups is 1. The number of allylic oxidation sites excluding steroid dienone is 1. The van der Waals surface area contributed by atoms with Crippen molar-refractivity contribution in [3.8, 4) is 0 Å². The van der Waals surface area contributed by atoms with Crippen molar-refractivity contribution < 1.29 is 14.6 Å². The van der Waals surface area contributed by atoms with Gasteiger partial charge >= 0.3 is 0 Å². The largest absolute Gasteiger partial charge is 0.393 e. The molecule has 4 nitrogen and oxygen atoms in total. The summed E-state index contributed by atoms with van der Waals surface area (Å²) in [6.45, 7) is 23.5. The zero-order chi connectivity index (χ0) is 28.9. The first-order chi connectivity index (χ1) is 18.7. The Labute approximate surface area is 244 Å². The molecule has 0 aromatic rings. The van der Waals surface area contributed by atoms with Gasteiger partial charge in [-0.1, -0.05) is 53.7 Å². The highest BCUT2D eigenvalue weighted by Crippen LogP contribution is 2.81. The summed E-state index contributed by atoms with van der Waals surface area (Å²) in [5.74, 6) is 2.35. The molecule has 0 bridgehead atoms. The maximum absolute atomic E-state index is 14.3. The molecule has 0 aromatic heterocycles. The van der Waals surface area contributed by atoms with Crippen molar-refractivity contribution in [2.24, 2.45) is 56.2 Å². The van der Waals surface area contributed by atoms with Crippen molar-refractivity contribution in [3.63, 3.8) is 0 Å². The monoisotopic (exact) mass is 553 g/mol. The lowest BCUT2D eigenvalue weighted by Crippen LogP contribution is -2.70. The van der Waals surface area contributed by atoms with Crippen molar-refractivity contribution in [1.82, 2.24) is 5.32 Å². The molecule has 5 saturated carbocycles. The van der Waals surface area contributed by atoms with Gasteiger partial charge in [-0.25, -0.2) is 0 Å². The van der Waals surface area contributed by atoms with Gasteiger partial charge in [-0.2, -0.15) is 0 Å². The van der Waals surface area contributed by atoms with Crippen molar-refractivity contribution in [2.75, 3.05) is 13.2 Å². The van der Waals surface area contributed by atoms with E-state index in [2.05, 4.69) is 60.4 Å². The Morgan fingerprint density at radius 1 is 0.875 bits per heavy atom. The summed E-state index contributed by atoms with van der Waals surface area (Å²) >= 11 is 0. The molecule has 9 unspecified atom stereocenters. The van der Waals surface area contributed by atoms with E-state index in [0.29, 0.717) is 36.1 Å². The molecule has 4 heteroatoms. The van der Waals surface area contributed by atoms with E-state index in [0.717, 1.165) is 58.0 Å². The number of nitrogens with one attached hydrogen (secondary N) is 1. The fraction of sp³-hybridized carbons (Fsp3) is 0.917. The lowest BCUT2D eigenvalue weighted by atomic mass is 9.29. The number of rotatable bonds is 4. The molecule has 226 valence electrons. The van der Waals surface area contributed by atoms with Gasteiger partial charge in [-0.3, -0.25) is 4.79 Å². The van der Waals surface area contributed by atoms with Gasteiger partial charge in [0.2, 0.25) is 5.91 Å². The van der Waals surface area contributed by atoms with Crippen LogP contribution in [0.4, 0.5) is 0 Å². The molecular formula is C36H59NO3. The SMILES string of the molecule is C=C(C)[C@@H]1CCC2(C(=O)NCC3CCCO3)CC[C@]3(C)C(C)(CCC4C5(C)CCC(O)C(C)(C)C5CCC43C)C12. The maximum atomic E-state index is 14.3. The van der Waals surface area contributed by atoms with Gasteiger partial charge in [-0.05, 0) is 135 Å². The third kappa shape index (κ3) is 3.59. The Kier molecular flexibility index (Phi) is 6.80. The summed E-state index contributed by atoms with van der Waals surface area (Å²) < 4.78 is 5.88. The molecule has 0 spiro atoms. The molecule has 1 heterocycles. The average Bonchev–Trinajstić information content (AvgIpc) is 3.56. The molecule has 0 radical (unpaired) electrons. The Morgan fingerprint density at radius 2 is 1.57 bits per heavy atom. The number of carbonyl (C=O) groups excluding carboxylic acids is 1. The smallest absolute Gasteiger partial charge is 0.226 e. The van der Waals surface area contributed by atoms with Crippen LogP contribution in [0.5, 0.6) is 0 Å². The number of aliphatic hydroxyl groups is 1. The Bertz CT molecular complexity index is 1050. The zero-order valence-electron chi connectivity index (χ0n) is 26.8. The summed E-state index contributed by atoms with van der Waals surface area (Å²) in [7, 11) is 0. The minimum atomic E-state index is -0.280. The van der Waals surface area contributed by atoms with Crippen LogP contribution in [0.25, 0.3) is 0 Å². The predicted molar refractivity (Wildman–Crippen MR) is 162 cm³/mol. The van der Waals surface area contributed by atoms with Crippen molar-refractivity contribution in [1.29, 1.82) is 0 Å². The summed E-state index contributed by atoms with van der Waals surface area (Å²) in [4.78, 5) is 14.3. The third-order valence-corrected chi connectivity index (χ3v) is 15.8. The molecule has 5 aliphatic carbocycles. The molecule has 11 atom stereocenters. The van der Waals surface area contributed by atoms with Gasteiger partial charge in [0.1, 0.15) is 0 Å². The highest BCUT2D eigenvalue weighted by atomic mass is 16.5.